The number of hydrogen-bond acceptors (Lipinski definition) is 3. The van der Waals surface area contributed by atoms with Gasteiger partial charge in [-0.2, -0.15) is 0 Å². The summed E-state index contributed by atoms with van der Waals surface area (Å²) in [6, 6.07) is 6.91. The van der Waals surface area contributed by atoms with Gasteiger partial charge in [0.05, 0.1) is 12.7 Å². The lowest BCUT2D eigenvalue weighted by Gasteiger charge is -2.05. The molecule has 0 aromatic heterocycles. The molecule has 3 nitrogen and oxygen atoms in total. The van der Waals surface area contributed by atoms with Gasteiger partial charge in [0.25, 0.3) is 0 Å². The zero-order chi connectivity index (χ0) is 11.4. The third-order valence-corrected chi connectivity index (χ3v) is 2.55. The largest absolute Gasteiger partial charge is 0.497 e. The standard InChI is InChI=1S/C13H14O3/c1-15-11-8-6-10(7-9-11)13(14)16-12-4-2-3-5-12/h4,6-9H,2-3,5H2,1H3. The van der Waals surface area contributed by atoms with Gasteiger partial charge in [0.1, 0.15) is 11.5 Å². The fraction of sp³-hybridized carbons (Fsp3) is 0.308. The zero-order valence-electron chi connectivity index (χ0n) is 9.23. The fourth-order valence-electron chi connectivity index (χ4n) is 1.64. The molecule has 0 spiro atoms. The fourth-order valence-corrected chi connectivity index (χ4v) is 1.64. The summed E-state index contributed by atoms with van der Waals surface area (Å²) in [4.78, 5) is 11.7. The number of hydrogen-bond donors (Lipinski definition) is 0. The minimum Gasteiger partial charge on any atom is -0.497 e. The lowest BCUT2D eigenvalue weighted by atomic mass is 10.2. The van der Waals surface area contributed by atoms with Crippen molar-refractivity contribution in [1.29, 1.82) is 0 Å². The molecule has 84 valence electrons. The second kappa shape index (κ2) is 4.84. The van der Waals surface area contributed by atoms with Crippen molar-refractivity contribution >= 4 is 5.97 Å². The Morgan fingerprint density at radius 3 is 2.56 bits per heavy atom. The number of carbonyl (C=O) groups is 1. The van der Waals surface area contributed by atoms with Crippen LogP contribution in [0, 0.1) is 0 Å². The number of allylic oxidation sites excluding steroid dienone is 2. The second-order valence-corrected chi connectivity index (χ2v) is 3.68. The first kappa shape index (κ1) is 10.7. The van der Waals surface area contributed by atoms with Crippen LogP contribution < -0.4 is 4.74 Å². The molecule has 0 atom stereocenters. The molecule has 0 unspecified atom stereocenters. The predicted molar refractivity (Wildman–Crippen MR) is 60.3 cm³/mol. The molecule has 1 aromatic carbocycles. The summed E-state index contributed by atoms with van der Waals surface area (Å²) >= 11 is 0. The van der Waals surface area contributed by atoms with Gasteiger partial charge in [-0.05, 0) is 43.2 Å². The van der Waals surface area contributed by atoms with Gasteiger partial charge in [-0.25, -0.2) is 4.79 Å². The summed E-state index contributed by atoms with van der Waals surface area (Å²) < 4.78 is 10.3. The normalized spacial score (nSPS) is 14.4. The van der Waals surface area contributed by atoms with Crippen LogP contribution in [0.3, 0.4) is 0 Å². The van der Waals surface area contributed by atoms with Crippen molar-refractivity contribution < 1.29 is 14.3 Å². The molecular formula is C13H14O3. The quantitative estimate of drug-likeness (QED) is 0.732. The molecule has 0 saturated carbocycles. The molecule has 0 heterocycles. The monoisotopic (exact) mass is 218 g/mol. The summed E-state index contributed by atoms with van der Waals surface area (Å²) in [5.41, 5.74) is 0.550. The van der Waals surface area contributed by atoms with Crippen LogP contribution in [0.4, 0.5) is 0 Å². The maximum Gasteiger partial charge on any atom is 0.343 e. The van der Waals surface area contributed by atoms with Crippen molar-refractivity contribution in [3.63, 3.8) is 0 Å². The molecule has 0 bridgehead atoms. The number of ether oxygens (including phenoxy) is 2. The maximum atomic E-state index is 11.7. The molecule has 2 rings (SSSR count). The van der Waals surface area contributed by atoms with Crippen LogP contribution in [-0.2, 0) is 4.74 Å². The van der Waals surface area contributed by atoms with E-state index >= 15 is 0 Å². The minimum absolute atomic E-state index is 0.296. The molecule has 1 aliphatic rings. The van der Waals surface area contributed by atoms with Gasteiger partial charge in [0.15, 0.2) is 0 Å². The van der Waals surface area contributed by atoms with Gasteiger partial charge in [-0.3, -0.25) is 0 Å². The number of methoxy groups -OCH3 is 1. The van der Waals surface area contributed by atoms with E-state index in [9.17, 15) is 4.79 Å². The highest BCUT2D eigenvalue weighted by Crippen LogP contribution is 2.20. The summed E-state index contributed by atoms with van der Waals surface area (Å²) in [5, 5.41) is 0. The van der Waals surface area contributed by atoms with E-state index in [1.807, 2.05) is 6.08 Å². The maximum absolute atomic E-state index is 11.7. The summed E-state index contributed by atoms with van der Waals surface area (Å²) in [6.07, 6.45) is 4.92. The molecule has 16 heavy (non-hydrogen) atoms. The van der Waals surface area contributed by atoms with Crippen molar-refractivity contribution in [3.05, 3.63) is 41.7 Å². The van der Waals surface area contributed by atoms with Crippen LogP contribution in [0.15, 0.2) is 36.1 Å². The number of rotatable bonds is 3. The van der Waals surface area contributed by atoms with E-state index in [0.717, 1.165) is 30.8 Å². The second-order valence-electron chi connectivity index (χ2n) is 3.68. The van der Waals surface area contributed by atoms with Crippen LogP contribution >= 0.6 is 0 Å². The third kappa shape index (κ3) is 2.42. The van der Waals surface area contributed by atoms with Crippen molar-refractivity contribution in [3.8, 4) is 5.75 Å². The Hall–Kier alpha value is -1.77. The third-order valence-electron chi connectivity index (χ3n) is 2.55. The Morgan fingerprint density at radius 2 is 2.00 bits per heavy atom. The van der Waals surface area contributed by atoms with Gasteiger partial charge in [-0.1, -0.05) is 0 Å². The van der Waals surface area contributed by atoms with Crippen LogP contribution in [0.5, 0.6) is 5.75 Å². The van der Waals surface area contributed by atoms with E-state index in [4.69, 9.17) is 9.47 Å². The molecule has 0 fully saturated rings. The van der Waals surface area contributed by atoms with E-state index in [1.165, 1.54) is 0 Å². The predicted octanol–water partition coefficient (Wildman–Crippen LogP) is 2.92. The average molecular weight is 218 g/mol. The van der Waals surface area contributed by atoms with Gasteiger partial charge in [0.2, 0.25) is 0 Å². The Balaban J connectivity index is 2.02. The molecule has 3 heteroatoms. The molecule has 0 aliphatic heterocycles. The Kier molecular flexibility index (Phi) is 3.25. The topological polar surface area (TPSA) is 35.5 Å². The van der Waals surface area contributed by atoms with Crippen molar-refractivity contribution in [2.45, 2.75) is 19.3 Å². The first-order chi connectivity index (χ1) is 7.79. The van der Waals surface area contributed by atoms with E-state index in [0.29, 0.717) is 5.56 Å². The van der Waals surface area contributed by atoms with E-state index in [2.05, 4.69) is 0 Å². The van der Waals surface area contributed by atoms with Crippen LogP contribution in [0.25, 0.3) is 0 Å². The summed E-state index contributed by atoms with van der Waals surface area (Å²) in [5.74, 6) is 1.23. The van der Waals surface area contributed by atoms with Crippen molar-refractivity contribution in [1.82, 2.24) is 0 Å². The molecule has 0 amide bonds. The van der Waals surface area contributed by atoms with Gasteiger partial charge >= 0.3 is 5.97 Å². The summed E-state index contributed by atoms with van der Waals surface area (Å²) in [6.45, 7) is 0. The first-order valence-corrected chi connectivity index (χ1v) is 5.35. The Morgan fingerprint density at radius 1 is 1.25 bits per heavy atom. The highest BCUT2D eigenvalue weighted by molar-refractivity contribution is 5.90. The van der Waals surface area contributed by atoms with Gasteiger partial charge in [0, 0.05) is 6.42 Å². The highest BCUT2D eigenvalue weighted by atomic mass is 16.5. The number of esters is 1. The molecular weight excluding hydrogens is 204 g/mol. The number of benzene rings is 1. The van der Waals surface area contributed by atoms with Gasteiger partial charge < -0.3 is 9.47 Å². The highest BCUT2D eigenvalue weighted by Gasteiger charge is 2.12. The smallest absolute Gasteiger partial charge is 0.343 e. The van der Waals surface area contributed by atoms with Gasteiger partial charge in [-0.15, -0.1) is 0 Å². The lowest BCUT2D eigenvalue weighted by molar-refractivity contribution is 0.0618. The summed E-state index contributed by atoms with van der Waals surface area (Å²) in [7, 11) is 1.59. The van der Waals surface area contributed by atoms with Crippen LogP contribution in [0.2, 0.25) is 0 Å². The van der Waals surface area contributed by atoms with E-state index < -0.39 is 0 Å². The zero-order valence-corrected chi connectivity index (χ0v) is 9.23. The molecule has 0 N–H and O–H groups in total. The first-order valence-electron chi connectivity index (χ1n) is 5.35. The van der Waals surface area contributed by atoms with E-state index in [1.54, 1.807) is 31.4 Å². The molecule has 1 aliphatic carbocycles. The minimum atomic E-state index is -0.296. The SMILES string of the molecule is COc1ccc(C(=O)OC2=CCCC2)cc1. The molecule has 0 radical (unpaired) electrons. The van der Waals surface area contributed by atoms with Crippen LogP contribution in [-0.4, -0.2) is 13.1 Å². The van der Waals surface area contributed by atoms with E-state index in [-0.39, 0.29) is 5.97 Å². The van der Waals surface area contributed by atoms with Crippen LogP contribution in [0.1, 0.15) is 29.6 Å². The Labute approximate surface area is 94.7 Å². The number of carbonyl (C=O) groups excluding carboxylic acids is 1. The average Bonchev–Trinajstić information content (AvgIpc) is 2.82. The van der Waals surface area contributed by atoms with Crippen molar-refractivity contribution in [2.24, 2.45) is 0 Å². The molecule has 1 aromatic rings. The Bertz CT molecular complexity index is 404. The lowest BCUT2D eigenvalue weighted by Crippen LogP contribution is -2.03. The molecule has 0 saturated heterocycles. The van der Waals surface area contributed by atoms with Crippen molar-refractivity contribution in [2.75, 3.05) is 7.11 Å².